The summed E-state index contributed by atoms with van der Waals surface area (Å²) in [5.74, 6) is -0.268. The molecule has 2 aromatic heterocycles. The number of benzene rings is 1. The van der Waals surface area contributed by atoms with Crippen molar-refractivity contribution in [3.05, 3.63) is 60.1 Å². The van der Waals surface area contributed by atoms with Gasteiger partial charge in [-0.3, -0.25) is 0 Å². The molecule has 0 saturated heterocycles. The second kappa shape index (κ2) is 6.39. The van der Waals surface area contributed by atoms with Crippen molar-refractivity contribution in [1.82, 2.24) is 9.97 Å². The lowest BCUT2D eigenvalue weighted by molar-refractivity contribution is -0.274. The molecule has 5 nitrogen and oxygen atoms in total. The SMILES string of the molecule is Cc1ccc(N/C=C(\N)c2ccc3cc[nH]c3n2)cc1OC(F)(F)F. The minimum absolute atomic E-state index is 0.268. The number of anilines is 1. The Morgan fingerprint density at radius 1 is 1.24 bits per heavy atom. The Hall–Kier alpha value is -3.16. The summed E-state index contributed by atoms with van der Waals surface area (Å²) in [6, 6.07) is 9.93. The van der Waals surface area contributed by atoms with E-state index in [0.29, 0.717) is 28.3 Å². The lowest BCUT2D eigenvalue weighted by atomic mass is 10.2. The monoisotopic (exact) mass is 348 g/mol. The van der Waals surface area contributed by atoms with Crippen molar-refractivity contribution in [1.29, 1.82) is 0 Å². The molecular weight excluding hydrogens is 333 g/mol. The fourth-order valence-corrected chi connectivity index (χ4v) is 2.25. The fourth-order valence-electron chi connectivity index (χ4n) is 2.25. The van der Waals surface area contributed by atoms with Gasteiger partial charge in [-0.05, 0) is 36.8 Å². The molecule has 2 heterocycles. The van der Waals surface area contributed by atoms with E-state index in [9.17, 15) is 13.2 Å². The first-order valence-electron chi connectivity index (χ1n) is 7.35. The van der Waals surface area contributed by atoms with Gasteiger partial charge in [-0.15, -0.1) is 13.2 Å². The number of pyridine rings is 1. The molecule has 0 spiro atoms. The van der Waals surface area contributed by atoms with Gasteiger partial charge in [0.2, 0.25) is 0 Å². The number of nitrogens with two attached hydrogens (primary N) is 1. The smallest absolute Gasteiger partial charge is 0.405 e. The third-order valence-electron chi connectivity index (χ3n) is 3.51. The Bertz CT molecular complexity index is 931. The van der Waals surface area contributed by atoms with Crippen LogP contribution in [0.5, 0.6) is 5.75 Å². The average molecular weight is 348 g/mol. The first kappa shape index (κ1) is 16.7. The normalized spacial score (nSPS) is 12.4. The molecule has 1 aromatic carbocycles. The van der Waals surface area contributed by atoms with Crippen LogP contribution in [-0.4, -0.2) is 16.3 Å². The lowest BCUT2D eigenvalue weighted by Gasteiger charge is -2.13. The van der Waals surface area contributed by atoms with Crippen LogP contribution in [0.3, 0.4) is 0 Å². The van der Waals surface area contributed by atoms with Crippen LogP contribution >= 0.6 is 0 Å². The summed E-state index contributed by atoms with van der Waals surface area (Å²) in [6.07, 6.45) is -1.50. The molecule has 0 aliphatic rings. The summed E-state index contributed by atoms with van der Waals surface area (Å²) in [4.78, 5) is 7.35. The van der Waals surface area contributed by atoms with Crippen LogP contribution in [0, 0.1) is 6.92 Å². The number of aryl methyl sites for hydroxylation is 1. The highest BCUT2D eigenvalue weighted by Crippen LogP contribution is 2.28. The molecule has 3 aromatic rings. The van der Waals surface area contributed by atoms with Crippen LogP contribution in [0.25, 0.3) is 16.7 Å². The summed E-state index contributed by atoms with van der Waals surface area (Å²) in [5, 5.41) is 3.81. The Balaban J connectivity index is 1.79. The van der Waals surface area contributed by atoms with E-state index in [-0.39, 0.29) is 5.75 Å². The molecule has 0 unspecified atom stereocenters. The van der Waals surface area contributed by atoms with Gasteiger partial charge in [0.25, 0.3) is 0 Å². The molecule has 25 heavy (non-hydrogen) atoms. The minimum Gasteiger partial charge on any atom is -0.405 e. The number of aromatic nitrogens is 2. The third-order valence-corrected chi connectivity index (χ3v) is 3.51. The van der Waals surface area contributed by atoms with E-state index in [0.717, 1.165) is 5.39 Å². The molecular formula is C17H15F3N4O. The highest BCUT2D eigenvalue weighted by atomic mass is 19.4. The van der Waals surface area contributed by atoms with E-state index in [1.807, 2.05) is 12.1 Å². The van der Waals surface area contributed by atoms with Gasteiger partial charge in [0.1, 0.15) is 11.4 Å². The number of nitrogens with one attached hydrogen (secondary N) is 2. The maximum atomic E-state index is 12.4. The summed E-state index contributed by atoms with van der Waals surface area (Å²) in [7, 11) is 0. The van der Waals surface area contributed by atoms with Crippen molar-refractivity contribution in [2.24, 2.45) is 5.73 Å². The second-order valence-corrected chi connectivity index (χ2v) is 5.38. The van der Waals surface area contributed by atoms with E-state index in [4.69, 9.17) is 5.73 Å². The highest BCUT2D eigenvalue weighted by molar-refractivity contribution is 5.78. The number of alkyl halides is 3. The van der Waals surface area contributed by atoms with Crippen molar-refractivity contribution in [3.63, 3.8) is 0 Å². The summed E-state index contributed by atoms with van der Waals surface area (Å²) in [5.41, 5.74) is 8.35. The zero-order chi connectivity index (χ0) is 18.0. The lowest BCUT2D eigenvalue weighted by Crippen LogP contribution is -2.17. The molecule has 130 valence electrons. The number of hydrogen-bond donors (Lipinski definition) is 3. The van der Waals surface area contributed by atoms with Gasteiger partial charge in [-0.2, -0.15) is 0 Å². The summed E-state index contributed by atoms with van der Waals surface area (Å²) >= 11 is 0. The second-order valence-electron chi connectivity index (χ2n) is 5.38. The number of hydrogen-bond acceptors (Lipinski definition) is 4. The molecule has 0 fully saturated rings. The van der Waals surface area contributed by atoms with Crippen LogP contribution in [0.15, 0.2) is 48.8 Å². The number of rotatable bonds is 4. The van der Waals surface area contributed by atoms with Crippen molar-refractivity contribution in [3.8, 4) is 5.75 Å². The molecule has 8 heteroatoms. The fraction of sp³-hybridized carbons (Fsp3) is 0.118. The van der Waals surface area contributed by atoms with E-state index in [1.54, 1.807) is 18.3 Å². The maximum absolute atomic E-state index is 12.4. The molecule has 0 atom stereocenters. The largest absolute Gasteiger partial charge is 0.573 e. The summed E-state index contributed by atoms with van der Waals surface area (Å²) < 4.78 is 41.2. The Morgan fingerprint density at radius 3 is 2.80 bits per heavy atom. The van der Waals surface area contributed by atoms with E-state index < -0.39 is 6.36 Å². The Labute approximate surface area is 141 Å². The van der Waals surface area contributed by atoms with Gasteiger partial charge in [-0.25, -0.2) is 4.98 Å². The predicted molar refractivity (Wildman–Crippen MR) is 89.7 cm³/mol. The molecule has 0 aliphatic carbocycles. The van der Waals surface area contributed by atoms with Crippen LogP contribution in [0.4, 0.5) is 18.9 Å². The zero-order valence-electron chi connectivity index (χ0n) is 13.2. The van der Waals surface area contributed by atoms with Gasteiger partial charge in [0, 0.05) is 29.5 Å². The molecule has 0 aliphatic heterocycles. The standard InChI is InChI=1S/C17H15F3N4O/c1-10-2-4-12(8-15(10)25-17(18,19)20)23-9-13(21)14-5-3-11-6-7-22-16(11)24-14/h2-9,23H,21H2,1H3,(H,22,24)/b13-9-. The van der Waals surface area contributed by atoms with E-state index in [2.05, 4.69) is 20.0 Å². The van der Waals surface area contributed by atoms with E-state index >= 15 is 0 Å². The topological polar surface area (TPSA) is 76.0 Å². The maximum Gasteiger partial charge on any atom is 0.573 e. The molecule has 0 amide bonds. The van der Waals surface area contributed by atoms with Crippen molar-refractivity contribution < 1.29 is 17.9 Å². The molecule has 0 saturated carbocycles. The van der Waals surface area contributed by atoms with Gasteiger partial charge < -0.3 is 20.8 Å². The van der Waals surface area contributed by atoms with Gasteiger partial charge in [0.15, 0.2) is 0 Å². The first-order valence-corrected chi connectivity index (χ1v) is 7.35. The van der Waals surface area contributed by atoms with Gasteiger partial charge in [0.05, 0.1) is 11.4 Å². The average Bonchev–Trinajstić information content (AvgIpc) is 3.01. The van der Waals surface area contributed by atoms with Crippen LogP contribution in [0.2, 0.25) is 0 Å². The summed E-state index contributed by atoms with van der Waals surface area (Å²) in [6.45, 7) is 1.53. The van der Waals surface area contributed by atoms with Crippen molar-refractivity contribution >= 4 is 22.4 Å². The Kier molecular flexibility index (Phi) is 4.26. The third kappa shape index (κ3) is 4.03. The number of halogens is 3. The van der Waals surface area contributed by atoms with Crippen LogP contribution in [0.1, 0.15) is 11.3 Å². The molecule has 0 bridgehead atoms. The Morgan fingerprint density at radius 2 is 2.04 bits per heavy atom. The quantitative estimate of drug-likeness (QED) is 0.662. The van der Waals surface area contributed by atoms with Crippen molar-refractivity contribution in [2.75, 3.05) is 5.32 Å². The number of aromatic amines is 1. The van der Waals surface area contributed by atoms with Crippen LogP contribution in [-0.2, 0) is 0 Å². The predicted octanol–water partition coefficient (Wildman–Crippen LogP) is 4.14. The first-order chi connectivity index (χ1) is 11.8. The van der Waals surface area contributed by atoms with Gasteiger partial charge in [-0.1, -0.05) is 6.07 Å². The molecule has 3 rings (SSSR count). The van der Waals surface area contributed by atoms with Crippen LogP contribution < -0.4 is 15.8 Å². The van der Waals surface area contributed by atoms with Crippen molar-refractivity contribution in [2.45, 2.75) is 13.3 Å². The number of H-pyrrole nitrogens is 1. The minimum atomic E-state index is -4.74. The zero-order valence-corrected chi connectivity index (χ0v) is 13.2. The number of nitrogens with zero attached hydrogens (tertiary/aromatic N) is 1. The van der Waals surface area contributed by atoms with E-state index in [1.165, 1.54) is 25.3 Å². The molecule has 4 N–H and O–H groups in total. The number of fused-ring (bicyclic) bond motifs is 1. The highest BCUT2D eigenvalue weighted by Gasteiger charge is 2.31. The molecule has 0 radical (unpaired) electrons. The van der Waals surface area contributed by atoms with Gasteiger partial charge >= 0.3 is 6.36 Å². The number of ether oxygens (including phenoxy) is 1.